The third-order valence-electron chi connectivity index (χ3n) is 4.49. The molecule has 2 fully saturated rings. The summed E-state index contributed by atoms with van der Waals surface area (Å²) in [4.78, 5) is 25.6. The molecular formula is C14H19N3O3. The second-order valence-electron chi connectivity index (χ2n) is 5.77. The maximum atomic E-state index is 12.3. The van der Waals surface area contributed by atoms with Crippen LogP contribution in [0.5, 0.6) is 0 Å². The highest BCUT2D eigenvalue weighted by Crippen LogP contribution is 2.44. The van der Waals surface area contributed by atoms with E-state index in [4.69, 9.17) is 0 Å². The molecule has 1 aromatic rings. The van der Waals surface area contributed by atoms with Gasteiger partial charge in [0.05, 0.1) is 18.2 Å². The zero-order valence-electron chi connectivity index (χ0n) is 11.7. The molecule has 0 spiro atoms. The van der Waals surface area contributed by atoms with Crippen LogP contribution in [0.3, 0.4) is 0 Å². The first-order chi connectivity index (χ1) is 9.50. The van der Waals surface area contributed by atoms with Crippen LogP contribution in [0.4, 0.5) is 0 Å². The lowest BCUT2D eigenvalue weighted by molar-refractivity contribution is -0.152. The number of likely N-dealkylation sites (tertiary alicyclic amines) is 1. The summed E-state index contributed by atoms with van der Waals surface area (Å²) in [5.74, 6) is -1.27. The fourth-order valence-corrected chi connectivity index (χ4v) is 3.13. The van der Waals surface area contributed by atoms with Crippen LogP contribution in [0.15, 0.2) is 6.20 Å². The van der Waals surface area contributed by atoms with Crippen molar-refractivity contribution in [2.24, 2.45) is 13.0 Å². The zero-order chi connectivity index (χ0) is 14.4. The number of aromatic nitrogens is 2. The van der Waals surface area contributed by atoms with Crippen molar-refractivity contribution in [2.45, 2.75) is 44.7 Å². The first kappa shape index (κ1) is 13.1. The summed E-state index contributed by atoms with van der Waals surface area (Å²) in [5, 5.41) is 13.7. The number of aryl methyl sites for hydroxylation is 1. The molecular weight excluding hydrogens is 258 g/mol. The Balaban J connectivity index is 2.04. The minimum atomic E-state index is -0.823. The Morgan fingerprint density at radius 1 is 1.40 bits per heavy atom. The lowest BCUT2D eigenvalue weighted by Gasteiger charge is -2.39. The fourth-order valence-electron chi connectivity index (χ4n) is 3.13. The van der Waals surface area contributed by atoms with Crippen LogP contribution in [-0.2, 0) is 16.6 Å². The van der Waals surface area contributed by atoms with Crippen LogP contribution < -0.4 is 0 Å². The Labute approximate surface area is 117 Å². The van der Waals surface area contributed by atoms with Gasteiger partial charge in [-0.05, 0) is 26.2 Å². The van der Waals surface area contributed by atoms with E-state index in [1.165, 1.54) is 0 Å². The molecule has 1 amide bonds. The molecule has 2 aliphatic rings. The Morgan fingerprint density at radius 3 is 2.60 bits per heavy atom. The molecule has 2 unspecified atom stereocenters. The number of rotatable bonds is 3. The average molecular weight is 277 g/mol. The van der Waals surface area contributed by atoms with Gasteiger partial charge in [-0.3, -0.25) is 14.3 Å². The van der Waals surface area contributed by atoms with Gasteiger partial charge in [-0.25, -0.2) is 0 Å². The molecule has 1 aromatic heterocycles. The molecule has 20 heavy (non-hydrogen) atoms. The second kappa shape index (κ2) is 4.61. The van der Waals surface area contributed by atoms with Crippen LogP contribution >= 0.6 is 0 Å². The summed E-state index contributed by atoms with van der Waals surface area (Å²) in [6.07, 6.45) is 4.42. The van der Waals surface area contributed by atoms with Gasteiger partial charge >= 0.3 is 5.97 Å². The third-order valence-corrected chi connectivity index (χ3v) is 4.49. The Hall–Kier alpha value is -1.85. The van der Waals surface area contributed by atoms with E-state index in [1.54, 1.807) is 10.9 Å². The van der Waals surface area contributed by atoms with Gasteiger partial charge in [-0.15, -0.1) is 0 Å². The summed E-state index contributed by atoms with van der Waals surface area (Å²) >= 11 is 0. The molecule has 0 aromatic carbocycles. The quantitative estimate of drug-likeness (QED) is 0.902. The molecule has 1 saturated heterocycles. The van der Waals surface area contributed by atoms with Gasteiger partial charge in [-0.1, -0.05) is 0 Å². The SMILES string of the molecule is Cc1c(C2C(C(=O)O)CCC(=O)N2C2CC2)cnn1C. The highest BCUT2D eigenvalue weighted by atomic mass is 16.4. The lowest BCUT2D eigenvalue weighted by Crippen LogP contribution is -2.46. The summed E-state index contributed by atoms with van der Waals surface area (Å²) in [6.45, 7) is 1.92. The lowest BCUT2D eigenvalue weighted by atomic mass is 9.84. The number of amides is 1. The van der Waals surface area contributed by atoms with Gasteiger partial charge in [0.15, 0.2) is 0 Å². The summed E-state index contributed by atoms with van der Waals surface area (Å²) < 4.78 is 1.73. The van der Waals surface area contributed by atoms with Crippen molar-refractivity contribution in [3.8, 4) is 0 Å². The minimum absolute atomic E-state index is 0.0817. The van der Waals surface area contributed by atoms with Gasteiger partial charge in [0, 0.05) is 30.8 Å². The Bertz CT molecular complexity index is 562. The van der Waals surface area contributed by atoms with Crippen molar-refractivity contribution in [3.63, 3.8) is 0 Å². The van der Waals surface area contributed by atoms with Gasteiger partial charge in [0.25, 0.3) is 0 Å². The number of carbonyl (C=O) groups is 2. The van der Waals surface area contributed by atoms with Crippen LogP contribution in [0, 0.1) is 12.8 Å². The van der Waals surface area contributed by atoms with Gasteiger partial charge in [0.2, 0.25) is 5.91 Å². The van der Waals surface area contributed by atoms with Crippen molar-refractivity contribution >= 4 is 11.9 Å². The predicted octanol–water partition coefficient (Wildman–Crippen LogP) is 1.26. The van der Waals surface area contributed by atoms with Crippen molar-refractivity contribution in [2.75, 3.05) is 0 Å². The molecule has 0 radical (unpaired) electrons. The van der Waals surface area contributed by atoms with Crippen molar-refractivity contribution in [1.29, 1.82) is 0 Å². The molecule has 2 heterocycles. The average Bonchev–Trinajstić information content (AvgIpc) is 3.17. The largest absolute Gasteiger partial charge is 0.481 e. The number of aliphatic carboxylic acids is 1. The number of hydrogen-bond donors (Lipinski definition) is 1. The smallest absolute Gasteiger partial charge is 0.308 e. The van der Waals surface area contributed by atoms with Crippen molar-refractivity contribution in [3.05, 3.63) is 17.5 Å². The number of carboxylic acid groups (broad SMARTS) is 1. The maximum absolute atomic E-state index is 12.3. The van der Waals surface area contributed by atoms with Crippen molar-refractivity contribution in [1.82, 2.24) is 14.7 Å². The van der Waals surface area contributed by atoms with Crippen LogP contribution in [0.1, 0.15) is 43.0 Å². The summed E-state index contributed by atoms with van der Waals surface area (Å²) in [5.41, 5.74) is 1.81. The molecule has 6 heteroatoms. The molecule has 1 aliphatic carbocycles. The summed E-state index contributed by atoms with van der Waals surface area (Å²) in [7, 11) is 1.83. The molecule has 6 nitrogen and oxygen atoms in total. The van der Waals surface area contributed by atoms with Gasteiger partial charge in [-0.2, -0.15) is 5.10 Å². The van der Waals surface area contributed by atoms with E-state index >= 15 is 0 Å². The van der Waals surface area contributed by atoms with E-state index in [1.807, 2.05) is 18.9 Å². The number of nitrogens with zero attached hydrogens (tertiary/aromatic N) is 3. The molecule has 0 bridgehead atoms. The normalized spacial score (nSPS) is 26.9. The highest BCUT2D eigenvalue weighted by molar-refractivity contribution is 5.82. The predicted molar refractivity (Wildman–Crippen MR) is 70.9 cm³/mol. The van der Waals surface area contributed by atoms with E-state index in [2.05, 4.69) is 5.10 Å². The first-order valence-corrected chi connectivity index (χ1v) is 7.03. The van der Waals surface area contributed by atoms with Gasteiger partial charge in [0.1, 0.15) is 0 Å². The summed E-state index contributed by atoms with van der Waals surface area (Å²) in [6, 6.07) is -0.149. The van der Waals surface area contributed by atoms with E-state index in [0.717, 1.165) is 24.1 Å². The van der Waals surface area contributed by atoms with Crippen LogP contribution in [0.2, 0.25) is 0 Å². The van der Waals surface area contributed by atoms with E-state index in [-0.39, 0.29) is 18.0 Å². The molecule has 2 atom stereocenters. The maximum Gasteiger partial charge on any atom is 0.308 e. The van der Waals surface area contributed by atoms with Crippen LogP contribution in [0.25, 0.3) is 0 Å². The fraction of sp³-hybridized carbons (Fsp3) is 0.643. The second-order valence-corrected chi connectivity index (χ2v) is 5.77. The topological polar surface area (TPSA) is 75.4 Å². The number of piperidine rings is 1. The first-order valence-electron chi connectivity index (χ1n) is 7.03. The molecule has 1 aliphatic heterocycles. The third kappa shape index (κ3) is 1.99. The highest BCUT2D eigenvalue weighted by Gasteiger charge is 2.47. The van der Waals surface area contributed by atoms with Crippen molar-refractivity contribution < 1.29 is 14.7 Å². The van der Waals surface area contributed by atoms with Gasteiger partial charge < -0.3 is 10.0 Å². The number of hydrogen-bond acceptors (Lipinski definition) is 3. The van der Waals surface area contributed by atoms with E-state index in [9.17, 15) is 14.7 Å². The molecule has 1 N–H and O–H groups in total. The Morgan fingerprint density at radius 2 is 2.10 bits per heavy atom. The minimum Gasteiger partial charge on any atom is -0.481 e. The number of carboxylic acids is 1. The van der Waals surface area contributed by atoms with E-state index in [0.29, 0.717) is 12.8 Å². The monoisotopic (exact) mass is 277 g/mol. The molecule has 108 valence electrons. The van der Waals surface area contributed by atoms with E-state index < -0.39 is 11.9 Å². The zero-order valence-corrected chi connectivity index (χ0v) is 11.7. The molecule has 1 saturated carbocycles. The molecule has 3 rings (SSSR count). The number of carbonyl (C=O) groups excluding carboxylic acids is 1. The standard InChI is InChI=1S/C14H19N3O3/c1-8-11(7-15-16(8)2)13-10(14(19)20)5-6-12(18)17(13)9-3-4-9/h7,9-10,13H,3-6H2,1-2H3,(H,19,20). The Kier molecular flexibility index (Phi) is 3.03. The van der Waals surface area contributed by atoms with Crippen LogP contribution in [-0.4, -0.2) is 37.7 Å².